The smallest absolute Gasteiger partial charge is 0.191 e. The van der Waals surface area contributed by atoms with E-state index in [1.165, 1.54) is 4.88 Å². The molecule has 3 heterocycles. The SMILES string of the molecule is CCNC(=NCc1nnc2n1CCC2)NCC(C)c1cccs1.I. The van der Waals surface area contributed by atoms with E-state index in [-0.39, 0.29) is 24.0 Å². The summed E-state index contributed by atoms with van der Waals surface area (Å²) in [6.45, 7) is 7.60. The van der Waals surface area contributed by atoms with Crippen LogP contribution in [0.25, 0.3) is 0 Å². The van der Waals surface area contributed by atoms with E-state index in [0.29, 0.717) is 12.5 Å². The average Bonchev–Trinajstić information content (AvgIpc) is 3.27. The van der Waals surface area contributed by atoms with Crippen LogP contribution in [-0.4, -0.2) is 33.8 Å². The Labute approximate surface area is 164 Å². The Morgan fingerprint density at radius 1 is 1.42 bits per heavy atom. The van der Waals surface area contributed by atoms with Crippen LogP contribution in [-0.2, 0) is 19.5 Å². The number of halogens is 1. The maximum absolute atomic E-state index is 4.66. The van der Waals surface area contributed by atoms with Crippen molar-refractivity contribution in [3.8, 4) is 0 Å². The summed E-state index contributed by atoms with van der Waals surface area (Å²) in [4.78, 5) is 6.05. The number of aromatic nitrogens is 3. The highest BCUT2D eigenvalue weighted by molar-refractivity contribution is 14.0. The van der Waals surface area contributed by atoms with Gasteiger partial charge in [-0.1, -0.05) is 13.0 Å². The number of nitrogens with zero attached hydrogens (tertiary/aromatic N) is 4. The maximum Gasteiger partial charge on any atom is 0.191 e. The number of thiophene rings is 1. The third-order valence-electron chi connectivity index (χ3n) is 4.01. The van der Waals surface area contributed by atoms with Gasteiger partial charge in [-0.25, -0.2) is 4.99 Å². The number of aliphatic imine (C=N–C) groups is 1. The number of hydrogen-bond acceptors (Lipinski definition) is 4. The van der Waals surface area contributed by atoms with Gasteiger partial charge in [0.05, 0.1) is 0 Å². The van der Waals surface area contributed by atoms with E-state index in [2.05, 4.69) is 61.8 Å². The predicted octanol–water partition coefficient (Wildman–Crippen LogP) is 2.76. The molecule has 3 rings (SSSR count). The van der Waals surface area contributed by atoms with Crippen molar-refractivity contribution >= 4 is 41.3 Å². The molecule has 24 heavy (non-hydrogen) atoms. The Morgan fingerprint density at radius 2 is 2.29 bits per heavy atom. The first-order chi connectivity index (χ1) is 11.3. The minimum absolute atomic E-state index is 0. The van der Waals surface area contributed by atoms with Crippen LogP contribution in [0.2, 0.25) is 0 Å². The molecular weight excluding hydrogens is 435 g/mol. The number of aryl methyl sites for hydroxylation is 1. The molecule has 0 spiro atoms. The molecule has 6 nitrogen and oxygen atoms in total. The van der Waals surface area contributed by atoms with Gasteiger partial charge in [-0.15, -0.1) is 45.5 Å². The number of fused-ring (bicyclic) bond motifs is 1. The van der Waals surface area contributed by atoms with E-state index < -0.39 is 0 Å². The molecule has 2 aromatic heterocycles. The van der Waals surface area contributed by atoms with Crippen molar-refractivity contribution in [2.45, 2.75) is 45.7 Å². The Balaban J connectivity index is 0.00000208. The van der Waals surface area contributed by atoms with Crippen LogP contribution in [0.1, 0.15) is 42.7 Å². The quantitative estimate of drug-likeness (QED) is 0.395. The molecule has 0 saturated carbocycles. The highest BCUT2D eigenvalue weighted by Crippen LogP contribution is 2.19. The largest absolute Gasteiger partial charge is 0.357 e. The van der Waals surface area contributed by atoms with E-state index in [1.54, 1.807) is 11.3 Å². The van der Waals surface area contributed by atoms with E-state index in [4.69, 9.17) is 0 Å². The van der Waals surface area contributed by atoms with Crippen LogP contribution in [0, 0.1) is 0 Å². The molecule has 132 valence electrons. The van der Waals surface area contributed by atoms with Crippen LogP contribution >= 0.6 is 35.3 Å². The zero-order valence-electron chi connectivity index (χ0n) is 14.2. The molecule has 2 aromatic rings. The fourth-order valence-electron chi connectivity index (χ4n) is 2.74. The van der Waals surface area contributed by atoms with Gasteiger partial charge in [0.1, 0.15) is 12.4 Å². The molecule has 0 fully saturated rings. The first-order valence-electron chi connectivity index (χ1n) is 8.24. The molecule has 1 atom stereocenters. The van der Waals surface area contributed by atoms with Crippen LogP contribution in [0.3, 0.4) is 0 Å². The summed E-state index contributed by atoms with van der Waals surface area (Å²) >= 11 is 1.80. The molecule has 1 unspecified atom stereocenters. The summed E-state index contributed by atoms with van der Waals surface area (Å²) < 4.78 is 2.20. The van der Waals surface area contributed by atoms with Gasteiger partial charge in [0.2, 0.25) is 0 Å². The normalized spacial score (nSPS) is 14.8. The summed E-state index contributed by atoms with van der Waals surface area (Å²) in [6.07, 6.45) is 2.20. The summed E-state index contributed by atoms with van der Waals surface area (Å²) in [5, 5.41) is 17.3. The summed E-state index contributed by atoms with van der Waals surface area (Å²) in [5.41, 5.74) is 0. The van der Waals surface area contributed by atoms with Crippen LogP contribution < -0.4 is 10.6 Å². The Kier molecular flexibility index (Phi) is 7.47. The van der Waals surface area contributed by atoms with Crippen molar-refractivity contribution in [2.24, 2.45) is 4.99 Å². The van der Waals surface area contributed by atoms with Crippen molar-refractivity contribution in [1.82, 2.24) is 25.4 Å². The van der Waals surface area contributed by atoms with Gasteiger partial charge in [-0.05, 0) is 24.8 Å². The zero-order chi connectivity index (χ0) is 16.1. The molecule has 1 aliphatic rings. The maximum atomic E-state index is 4.66. The molecule has 0 saturated heterocycles. The minimum Gasteiger partial charge on any atom is -0.357 e. The second-order valence-electron chi connectivity index (χ2n) is 5.78. The lowest BCUT2D eigenvalue weighted by Crippen LogP contribution is -2.39. The van der Waals surface area contributed by atoms with Crippen molar-refractivity contribution < 1.29 is 0 Å². The van der Waals surface area contributed by atoms with Crippen molar-refractivity contribution in [3.05, 3.63) is 34.0 Å². The van der Waals surface area contributed by atoms with Gasteiger partial charge in [0.15, 0.2) is 11.8 Å². The Bertz CT molecular complexity index is 652. The van der Waals surface area contributed by atoms with Crippen molar-refractivity contribution in [1.29, 1.82) is 0 Å². The Morgan fingerprint density at radius 3 is 3.04 bits per heavy atom. The molecule has 0 bridgehead atoms. The zero-order valence-corrected chi connectivity index (χ0v) is 17.3. The van der Waals surface area contributed by atoms with Gasteiger partial charge >= 0.3 is 0 Å². The third kappa shape index (κ3) is 4.69. The number of nitrogens with one attached hydrogen (secondary N) is 2. The summed E-state index contributed by atoms with van der Waals surface area (Å²) in [6, 6.07) is 4.28. The van der Waals surface area contributed by atoms with Gasteiger partial charge < -0.3 is 15.2 Å². The minimum atomic E-state index is 0. The summed E-state index contributed by atoms with van der Waals surface area (Å²) in [5.74, 6) is 3.36. The van der Waals surface area contributed by atoms with E-state index in [0.717, 1.165) is 50.1 Å². The number of rotatable bonds is 6. The van der Waals surface area contributed by atoms with E-state index in [1.807, 2.05) is 0 Å². The third-order valence-corrected chi connectivity index (χ3v) is 5.12. The lowest BCUT2D eigenvalue weighted by Gasteiger charge is -2.15. The second kappa shape index (κ2) is 9.36. The van der Waals surface area contributed by atoms with Crippen LogP contribution in [0.4, 0.5) is 0 Å². The summed E-state index contributed by atoms with van der Waals surface area (Å²) in [7, 11) is 0. The molecule has 0 aromatic carbocycles. The van der Waals surface area contributed by atoms with Gasteiger partial charge in [-0.3, -0.25) is 0 Å². The second-order valence-corrected chi connectivity index (χ2v) is 6.76. The Hall–Kier alpha value is -1.16. The fraction of sp³-hybridized carbons (Fsp3) is 0.562. The monoisotopic (exact) mass is 460 g/mol. The number of guanidine groups is 1. The molecule has 0 aliphatic carbocycles. The van der Waals surface area contributed by atoms with Crippen molar-refractivity contribution in [2.75, 3.05) is 13.1 Å². The first kappa shape index (κ1) is 19.2. The lowest BCUT2D eigenvalue weighted by atomic mass is 10.1. The molecule has 2 N–H and O–H groups in total. The van der Waals surface area contributed by atoms with E-state index >= 15 is 0 Å². The molecule has 0 radical (unpaired) electrons. The predicted molar refractivity (Wildman–Crippen MR) is 109 cm³/mol. The molecule has 0 amide bonds. The fourth-order valence-corrected chi connectivity index (χ4v) is 3.53. The average molecular weight is 460 g/mol. The standard InChI is InChI=1S/C16H24N6S.HI/c1-3-17-16(18-10-12(2)13-6-5-9-23-13)19-11-15-21-20-14-7-4-8-22(14)15;/h5-6,9,12H,3-4,7-8,10-11H2,1-2H3,(H2,17,18,19);1H. The van der Waals surface area contributed by atoms with Crippen LogP contribution in [0.5, 0.6) is 0 Å². The molecule has 1 aliphatic heterocycles. The number of hydrogen-bond donors (Lipinski definition) is 2. The first-order valence-corrected chi connectivity index (χ1v) is 9.12. The lowest BCUT2D eigenvalue weighted by molar-refractivity contribution is 0.678. The van der Waals surface area contributed by atoms with Gasteiger partial charge in [-0.2, -0.15) is 0 Å². The topological polar surface area (TPSA) is 67.1 Å². The molecule has 8 heteroatoms. The highest BCUT2D eigenvalue weighted by atomic mass is 127. The van der Waals surface area contributed by atoms with Gasteiger partial charge in [0, 0.05) is 36.9 Å². The van der Waals surface area contributed by atoms with E-state index in [9.17, 15) is 0 Å². The highest BCUT2D eigenvalue weighted by Gasteiger charge is 2.16. The van der Waals surface area contributed by atoms with Gasteiger partial charge in [0.25, 0.3) is 0 Å². The van der Waals surface area contributed by atoms with Crippen LogP contribution in [0.15, 0.2) is 22.5 Å². The van der Waals surface area contributed by atoms with Crippen molar-refractivity contribution in [3.63, 3.8) is 0 Å². The molecular formula is C16H25IN6S.